The molecule has 1 fully saturated rings. The summed E-state index contributed by atoms with van der Waals surface area (Å²) in [4.78, 5) is 29.6. The van der Waals surface area contributed by atoms with E-state index in [1.807, 2.05) is 6.92 Å². The molecule has 88 valence electrons. The number of amides is 1. The summed E-state index contributed by atoms with van der Waals surface area (Å²) in [6.45, 7) is 3.26. The average molecular weight is 224 g/mol. The number of nitrogens with zero attached hydrogens (tertiary/aromatic N) is 1. The molecule has 1 aromatic heterocycles. The van der Waals surface area contributed by atoms with E-state index in [0.717, 1.165) is 6.42 Å². The summed E-state index contributed by atoms with van der Waals surface area (Å²) < 4.78 is 0. The molecule has 1 aliphatic heterocycles. The van der Waals surface area contributed by atoms with Crippen LogP contribution in [0.5, 0.6) is 0 Å². The molecule has 2 unspecified atom stereocenters. The molecule has 1 aromatic rings. The van der Waals surface area contributed by atoms with Gasteiger partial charge in [-0.2, -0.15) is 0 Å². The summed E-state index contributed by atoms with van der Waals surface area (Å²) in [5, 5.41) is 0. The van der Waals surface area contributed by atoms with Gasteiger partial charge in [0.1, 0.15) is 5.69 Å². The Labute approximate surface area is 92.8 Å². The zero-order valence-corrected chi connectivity index (χ0v) is 9.19. The van der Waals surface area contributed by atoms with E-state index in [-0.39, 0.29) is 17.6 Å². The largest absolute Gasteiger partial charge is 0.334 e. The molecule has 1 amide bonds. The van der Waals surface area contributed by atoms with Crippen LogP contribution in [0.25, 0.3) is 0 Å². The number of imidazole rings is 1. The van der Waals surface area contributed by atoms with Gasteiger partial charge in [-0.3, -0.25) is 4.79 Å². The second-order valence-corrected chi connectivity index (χ2v) is 4.30. The number of carbonyl (C=O) groups is 1. The summed E-state index contributed by atoms with van der Waals surface area (Å²) in [5.74, 6) is 0.228. The molecular formula is C10H16N4O2. The lowest BCUT2D eigenvalue weighted by molar-refractivity contribution is 0.0738. The quantitative estimate of drug-likeness (QED) is 0.632. The van der Waals surface area contributed by atoms with Crippen molar-refractivity contribution in [1.29, 1.82) is 0 Å². The third-order valence-electron chi connectivity index (χ3n) is 3.08. The molecule has 4 N–H and O–H groups in total. The van der Waals surface area contributed by atoms with E-state index >= 15 is 0 Å². The van der Waals surface area contributed by atoms with Gasteiger partial charge < -0.3 is 20.6 Å². The number of likely N-dealkylation sites (tertiary alicyclic amines) is 1. The van der Waals surface area contributed by atoms with Crippen molar-refractivity contribution in [2.45, 2.75) is 19.4 Å². The van der Waals surface area contributed by atoms with Crippen LogP contribution in [-0.2, 0) is 0 Å². The maximum atomic E-state index is 12.0. The fraction of sp³-hybridized carbons (Fsp3) is 0.600. The first-order valence-electron chi connectivity index (χ1n) is 5.40. The van der Waals surface area contributed by atoms with Crippen molar-refractivity contribution < 1.29 is 4.79 Å². The van der Waals surface area contributed by atoms with E-state index in [1.165, 1.54) is 6.20 Å². The van der Waals surface area contributed by atoms with Gasteiger partial charge in [0, 0.05) is 18.8 Å². The van der Waals surface area contributed by atoms with Crippen LogP contribution in [-0.4, -0.2) is 39.9 Å². The zero-order chi connectivity index (χ0) is 11.7. The fourth-order valence-corrected chi connectivity index (χ4v) is 2.20. The Hall–Kier alpha value is -1.56. The number of aromatic amines is 2. The van der Waals surface area contributed by atoms with Crippen molar-refractivity contribution in [1.82, 2.24) is 14.9 Å². The summed E-state index contributed by atoms with van der Waals surface area (Å²) in [7, 11) is 0. The number of hydrogen-bond donors (Lipinski definition) is 3. The zero-order valence-electron chi connectivity index (χ0n) is 9.19. The number of nitrogens with two attached hydrogens (primary N) is 1. The van der Waals surface area contributed by atoms with Crippen LogP contribution in [0.15, 0.2) is 11.0 Å². The standard InChI is InChI=1S/C10H16N4O2/c1-6-2-7(3-11)5-14(6)9(15)8-4-12-10(16)13-8/h4,6-7H,2-3,5,11H2,1H3,(H2,12,13,16). The second-order valence-electron chi connectivity index (χ2n) is 4.30. The first-order chi connectivity index (χ1) is 7.61. The summed E-state index contributed by atoms with van der Waals surface area (Å²) in [6.07, 6.45) is 2.34. The molecule has 0 bridgehead atoms. The summed E-state index contributed by atoms with van der Waals surface area (Å²) in [5.41, 5.74) is 5.56. The van der Waals surface area contributed by atoms with Gasteiger partial charge in [0.15, 0.2) is 0 Å². The Morgan fingerprint density at radius 3 is 2.94 bits per heavy atom. The van der Waals surface area contributed by atoms with Crippen LogP contribution in [0, 0.1) is 5.92 Å². The highest BCUT2D eigenvalue weighted by Crippen LogP contribution is 2.23. The van der Waals surface area contributed by atoms with Crippen LogP contribution in [0.3, 0.4) is 0 Å². The van der Waals surface area contributed by atoms with Crippen molar-refractivity contribution >= 4 is 5.91 Å². The monoisotopic (exact) mass is 224 g/mol. The molecule has 2 atom stereocenters. The van der Waals surface area contributed by atoms with Crippen LogP contribution in [0.1, 0.15) is 23.8 Å². The molecule has 2 rings (SSSR count). The van der Waals surface area contributed by atoms with Gasteiger partial charge in [0.05, 0.1) is 0 Å². The molecule has 0 aliphatic carbocycles. The molecule has 6 heteroatoms. The number of nitrogens with one attached hydrogen (secondary N) is 2. The van der Waals surface area contributed by atoms with Gasteiger partial charge in [-0.15, -0.1) is 0 Å². The Kier molecular flexibility index (Phi) is 2.82. The van der Waals surface area contributed by atoms with Gasteiger partial charge in [0.25, 0.3) is 5.91 Å². The number of rotatable bonds is 2. The minimum Gasteiger partial charge on any atom is -0.334 e. The Morgan fingerprint density at radius 2 is 2.44 bits per heavy atom. The fourth-order valence-electron chi connectivity index (χ4n) is 2.20. The lowest BCUT2D eigenvalue weighted by atomic mass is 10.1. The van der Waals surface area contributed by atoms with E-state index in [2.05, 4.69) is 9.97 Å². The topological polar surface area (TPSA) is 95.0 Å². The highest BCUT2D eigenvalue weighted by Gasteiger charge is 2.32. The highest BCUT2D eigenvalue weighted by molar-refractivity contribution is 5.92. The van der Waals surface area contributed by atoms with Gasteiger partial charge >= 0.3 is 5.69 Å². The van der Waals surface area contributed by atoms with E-state index in [4.69, 9.17) is 5.73 Å². The maximum Gasteiger partial charge on any atom is 0.323 e. The van der Waals surface area contributed by atoms with Crippen molar-refractivity contribution in [3.63, 3.8) is 0 Å². The molecule has 0 aromatic carbocycles. The molecule has 2 heterocycles. The van der Waals surface area contributed by atoms with Gasteiger partial charge in [0.2, 0.25) is 0 Å². The van der Waals surface area contributed by atoms with Crippen LogP contribution >= 0.6 is 0 Å². The van der Waals surface area contributed by atoms with Gasteiger partial charge in [-0.05, 0) is 25.8 Å². The van der Waals surface area contributed by atoms with E-state index in [0.29, 0.717) is 24.7 Å². The second kappa shape index (κ2) is 4.13. The lowest BCUT2D eigenvalue weighted by Gasteiger charge is -2.20. The maximum absolute atomic E-state index is 12.0. The molecule has 6 nitrogen and oxygen atoms in total. The Bertz CT molecular complexity index is 436. The molecule has 1 aliphatic rings. The van der Waals surface area contributed by atoms with E-state index < -0.39 is 0 Å². The van der Waals surface area contributed by atoms with Crippen LogP contribution in [0.4, 0.5) is 0 Å². The smallest absolute Gasteiger partial charge is 0.323 e. The predicted molar refractivity (Wildman–Crippen MR) is 59.1 cm³/mol. The van der Waals surface area contributed by atoms with Crippen LogP contribution in [0.2, 0.25) is 0 Å². The summed E-state index contributed by atoms with van der Waals surface area (Å²) >= 11 is 0. The highest BCUT2D eigenvalue weighted by atomic mass is 16.2. The average Bonchev–Trinajstić information content (AvgIpc) is 2.83. The molecule has 0 radical (unpaired) electrons. The minimum absolute atomic E-state index is 0.137. The summed E-state index contributed by atoms with van der Waals surface area (Å²) in [6, 6.07) is 0.180. The van der Waals surface area contributed by atoms with Crippen molar-refractivity contribution in [3.05, 3.63) is 22.4 Å². The van der Waals surface area contributed by atoms with Gasteiger partial charge in [-0.1, -0.05) is 0 Å². The van der Waals surface area contributed by atoms with E-state index in [9.17, 15) is 9.59 Å². The van der Waals surface area contributed by atoms with Crippen molar-refractivity contribution in [2.75, 3.05) is 13.1 Å². The predicted octanol–water partition coefficient (Wildman–Crippen LogP) is -0.488. The number of H-pyrrole nitrogens is 2. The van der Waals surface area contributed by atoms with Gasteiger partial charge in [-0.25, -0.2) is 4.79 Å². The lowest BCUT2D eigenvalue weighted by Crippen LogP contribution is -2.34. The van der Waals surface area contributed by atoms with Crippen molar-refractivity contribution in [2.24, 2.45) is 11.7 Å². The van der Waals surface area contributed by atoms with Crippen molar-refractivity contribution in [3.8, 4) is 0 Å². The number of aromatic nitrogens is 2. The van der Waals surface area contributed by atoms with Crippen LogP contribution < -0.4 is 11.4 Å². The third-order valence-corrected chi connectivity index (χ3v) is 3.08. The Morgan fingerprint density at radius 1 is 1.69 bits per heavy atom. The Balaban J connectivity index is 2.14. The van der Waals surface area contributed by atoms with E-state index in [1.54, 1.807) is 4.90 Å². The SMILES string of the molecule is CC1CC(CN)CN1C(=O)c1c[nH]c(=O)[nH]1. The molecule has 16 heavy (non-hydrogen) atoms. The normalized spacial score (nSPS) is 25.0. The molecule has 0 spiro atoms. The molecule has 1 saturated heterocycles. The third kappa shape index (κ3) is 1.88. The minimum atomic E-state index is -0.356. The number of hydrogen-bond acceptors (Lipinski definition) is 3. The first-order valence-corrected chi connectivity index (χ1v) is 5.40. The number of carbonyl (C=O) groups excluding carboxylic acids is 1. The first kappa shape index (κ1) is 10.9. The molecular weight excluding hydrogens is 208 g/mol. The molecule has 0 saturated carbocycles.